The summed E-state index contributed by atoms with van der Waals surface area (Å²) in [5.74, 6) is 0. The summed E-state index contributed by atoms with van der Waals surface area (Å²) in [6, 6.07) is -0.100. The second-order valence-corrected chi connectivity index (χ2v) is 5.57. The van der Waals surface area contributed by atoms with E-state index in [4.69, 9.17) is 5.73 Å². The maximum atomic E-state index is 12.5. The topological polar surface area (TPSA) is 42.1 Å². The minimum atomic E-state index is -4.19. The fourth-order valence-electron chi connectivity index (χ4n) is 1.95. The molecule has 106 valence electrons. The fraction of sp³-hybridized carbons (Fsp3) is 0.583. The van der Waals surface area contributed by atoms with Gasteiger partial charge in [-0.3, -0.25) is 4.90 Å². The molecule has 3 nitrogen and oxygen atoms in total. The van der Waals surface area contributed by atoms with E-state index in [2.05, 4.69) is 4.98 Å². The normalized spacial score (nSPS) is 19.3. The van der Waals surface area contributed by atoms with Gasteiger partial charge in [0.25, 0.3) is 0 Å². The Bertz CT molecular complexity index is 465. The van der Waals surface area contributed by atoms with Crippen LogP contribution in [-0.4, -0.2) is 29.1 Å². The molecule has 0 spiro atoms. The number of rotatable bonds is 3. The van der Waals surface area contributed by atoms with Gasteiger partial charge < -0.3 is 5.73 Å². The summed E-state index contributed by atoms with van der Waals surface area (Å²) in [5, 5.41) is 2.78. The molecule has 1 atom stereocenters. The van der Waals surface area contributed by atoms with Crippen molar-refractivity contribution in [2.45, 2.75) is 32.1 Å². The number of hydrogen-bond donors (Lipinski definition) is 1. The molecule has 0 aromatic carbocycles. The number of aromatic nitrogens is 1. The molecule has 0 saturated heterocycles. The van der Waals surface area contributed by atoms with E-state index >= 15 is 0 Å². The first-order valence-corrected chi connectivity index (χ1v) is 6.92. The smallest absolute Gasteiger partial charge is 0.322 e. The highest BCUT2D eigenvalue weighted by Crippen LogP contribution is 2.30. The molecule has 1 aliphatic rings. The molecule has 19 heavy (non-hydrogen) atoms. The van der Waals surface area contributed by atoms with Crippen LogP contribution in [0.25, 0.3) is 0 Å². The maximum Gasteiger partial charge on any atom is 0.412 e. The Morgan fingerprint density at radius 3 is 2.74 bits per heavy atom. The van der Waals surface area contributed by atoms with Gasteiger partial charge in [-0.1, -0.05) is 6.08 Å². The van der Waals surface area contributed by atoms with E-state index in [1.54, 1.807) is 0 Å². The Balaban J connectivity index is 1.93. The highest BCUT2D eigenvalue weighted by molar-refractivity contribution is 7.09. The van der Waals surface area contributed by atoms with Crippen molar-refractivity contribution < 1.29 is 13.2 Å². The molecular formula is C12H16F3N3S. The number of hydrogen-bond acceptors (Lipinski definition) is 4. The van der Waals surface area contributed by atoms with E-state index in [1.165, 1.54) is 17.4 Å². The molecule has 1 aromatic heterocycles. The zero-order valence-corrected chi connectivity index (χ0v) is 11.4. The van der Waals surface area contributed by atoms with Crippen LogP contribution in [-0.2, 0) is 6.54 Å². The van der Waals surface area contributed by atoms with Crippen LogP contribution < -0.4 is 5.73 Å². The molecule has 0 saturated carbocycles. The van der Waals surface area contributed by atoms with Crippen molar-refractivity contribution >= 4 is 11.3 Å². The summed E-state index contributed by atoms with van der Waals surface area (Å²) in [6.45, 7) is 3.17. The highest BCUT2D eigenvalue weighted by Gasteiger charge is 2.34. The lowest BCUT2D eigenvalue weighted by molar-refractivity contribution is -0.0960. The van der Waals surface area contributed by atoms with Gasteiger partial charge >= 0.3 is 6.18 Å². The van der Waals surface area contributed by atoms with Crippen LogP contribution in [0.1, 0.15) is 30.1 Å². The molecule has 1 unspecified atom stereocenters. The van der Waals surface area contributed by atoms with Gasteiger partial charge in [0.15, 0.2) is 0 Å². The van der Waals surface area contributed by atoms with Crippen LogP contribution in [0.15, 0.2) is 17.0 Å². The van der Waals surface area contributed by atoms with E-state index in [0.29, 0.717) is 19.6 Å². The van der Waals surface area contributed by atoms with Gasteiger partial charge in [-0.05, 0) is 13.3 Å². The Hall–Kier alpha value is -0.920. The van der Waals surface area contributed by atoms with E-state index < -0.39 is 11.7 Å². The second-order valence-electron chi connectivity index (χ2n) is 4.68. The van der Waals surface area contributed by atoms with Gasteiger partial charge in [0.05, 0.1) is 11.7 Å². The van der Waals surface area contributed by atoms with E-state index in [9.17, 15) is 13.2 Å². The lowest BCUT2D eigenvalue weighted by atomic mass is 10.1. The fourth-order valence-corrected chi connectivity index (χ4v) is 2.71. The zero-order valence-electron chi connectivity index (χ0n) is 10.6. The molecule has 1 aromatic rings. The van der Waals surface area contributed by atoms with Gasteiger partial charge in [-0.2, -0.15) is 13.2 Å². The van der Waals surface area contributed by atoms with Crippen molar-refractivity contribution in [3.05, 3.63) is 27.7 Å². The molecule has 1 aliphatic heterocycles. The summed E-state index contributed by atoms with van der Waals surface area (Å²) in [6.07, 6.45) is -2.87. The quantitative estimate of drug-likeness (QED) is 0.871. The summed E-state index contributed by atoms with van der Waals surface area (Å²) in [7, 11) is 0. The van der Waals surface area contributed by atoms with E-state index in [-0.39, 0.29) is 12.5 Å². The number of nitrogens with zero attached hydrogens (tertiary/aromatic N) is 2. The summed E-state index contributed by atoms with van der Waals surface area (Å²) in [5.41, 5.74) is 6.18. The number of nitrogens with two attached hydrogens (primary N) is 1. The molecular weight excluding hydrogens is 275 g/mol. The predicted molar refractivity (Wildman–Crippen MR) is 68.7 cm³/mol. The average molecular weight is 291 g/mol. The minimum Gasteiger partial charge on any atom is -0.322 e. The van der Waals surface area contributed by atoms with Gasteiger partial charge in [0, 0.05) is 30.6 Å². The first kappa shape index (κ1) is 14.5. The van der Waals surface area contributed by atoms with Crippen LogP contribution in [0.5, 0.6) is 0 Å². The highest BCUT2D eigenvalue weighted by atomic mass is 32.1. The Kier molecular flexibility index (Phi) is 4.27. The van der Waals surface area contributed by atoms with Gasteiger partial charge in [-0.25, -0.2) is 4.98 Å². The van der Waals surface area contributed by atoms with Crippen LogP contribution in [0.2, 0.25) is 0 Å². The zero-order chi connectivity index (χ0) is 14.0. The third-order valence-electron chi connectivity index (χ3n) is 3.00. The summed E-state index contributed by atoms with van der Waals surface area (Å²) < 4.78 is 37.4. The minimum absolute atomic E-state index is 0.0494. The summed E-state index contributed by atoms with van der Waals surface area (Å²) in [4.78, 5) is 6.33. The van der Waals surface area contributed by atoms with Gasteiger partial charge in [0.2, 0.25) is 0 Å². The molecule has 2 rings (SSSR count). The molecule has 2 N–H and O–H groups in total. The molecule has 0 fully saturated rings. The van der Waals surface area contributed by atoms with Crippen LogP contribution in [0, 0.1) is 0 Å². The third kappa shape index (κ3) is 3.77. The molecule has 0 bridgehead atoms. The van der Waals surface area contributed by atoms with Crippen molar-refractivity contribution in [1.29, 1.82) is 0 Å². The predicted octanol–water partition coefficient (Wildman–Crippen LogP) is 2.86. The second kappa shape index (κ2) is 5.60. The molecule has 0 amide bonds. The van der Waals surface area contributed by atoms with E-state index in [1.807, 2.05) is 17.2 Å². The number of alkyl halides is 3. The first-order chi connectivity index (χ1) is 8.86. The lowest BCUT2D eigenvalue weighted by Crippen LogP contribution is -2.31. The lowest BCUT2D eigenvalue weighted by Gasteiger charge is -2.26. The number of halogens is 3. The number of thiazole rings is 1. The van der Waals surface area contributed by atoms with Crippen molar-refractivity contribution in [3.63, 3.8) is 0 Å². The largest absolute Gasteiger partial charge is 0.412 e. The SMILES string of the molecule is CC(N)c1nc(CN2CC=C(C(F)(F)F)CC2)cs1. The van der Waals surface area contributed by atoms with Gasteiger partial charge in [-0.15, -0.1) is 11.3 Å². The maximum absolute atomic E-state index is 12.5. The van der Waals surface area contributed by atoms with E-state index in [0.717, 1.165) is 10.7 Å². The Morgan fingerprint density at radius 1 is 1.53 bits per heavy atom. The monoisotopic (exact) mass is 291 g/mol. The standard InChI is InChI=1S/C12H16F3N3S/c1-8(16)11-17-10(7-19-11)6-18-4-2-9(3-5-18)12(13,14)15/h2,7-8H,3-6,16H2,1H3. The van der Waals surface area contributed by atoms with Crippen molar-refractivity contribution in [2.75, 3.05) is 13.1 Å². The molecule has 2 heterocycles. The van der Waals surface area contributed by atoms with Crippen molar-refractivity contribution in [2.24, 2.45) is 5.73 Å². The molecule has 0 radical (unpaired) electrons. The molecule has 0 aliphatic carbocycles. The van der Waals surface area contributed by atoms with Crippen molar-refractivity contribution in [1.82, 2.24) is 9.88 Å². The van der Waals surface area contributed by atoms with Gasteiger partial charge in [0.1, 0.15) is 5.01 Å². The third-order valence-corrected chi connectivity index (χ3v) is 4.10. The van der Waals surface area contributed by atoms with Crippen LogP contribution in [0.3, 0.4) is 0 Å². The van der Waals surface area contributed by atoms with Crippen molar-refractivity contribution in [3.8, 4) is 0 Å². The molecule has 7 heteroatoms. The van der Waals surface area contributed by atoms with Crippen LogP contribution >= 0.6 is 11.3 Å². The first-order valence-electron chi connectivity index (χ1n) is 6.04. The Morgan fingerprint density at radius 2 is 2.26 bits per heavy atom. The summed E-state index contributed by atoms with van der Waals surface area (Å²) >= 11 is 1.49. The average Bonchev–Trinajstić information content (AvgIpc) is 2.77. The Labute approximate surface area is 113 Å². The van der Waals surface area contributed by atoms with Crippen LogP contribution in [0.4, 0.5) is 13.2 Å².